The van der Waals surface area contributed by atoms with Gasteiger partial charge in [-0.2, -0.15) is 0 Å². The number of anilines is 1. The maximum absolute atomic E-state index is 13.0. The van der Waals surface area contributed by atoms with Crippen molar-refractivity contribution in [2.45, 2.75) is 44.2 Å². The third-order valence-corrected chi connectivity index (χ3v) is 6.02. The minimum atomic E-state index is -0.301. The Morgan fingerprint density at radius 3 is 2.96 bits per heavy atom. The van der Waals surface area contributed by atoms with Crippen molar-refractivity contribution in [1.82, 2.24) is 4.90 Å². The average molecular weight is 344 g/mol. The molecule has 0 spiro atoms. The van der Waals surface area contributed by atoms with Crippen LogP contribution in [-0.4, -0.2) is 60.9 Å². The average Bonchev–Trinajstić information content (AvgIpc) is 3.09. The van der Waals surface area contributed by atoms with Gasteiger partial charge in [0.25, 0.3) is 0 Å². The minimum Gasteiger partial charge on any atom is -0.393 e. The molecular weight excluding hydrogens is 316 g/mol. The second-order valence-corrected chi connectivity index (χ2v) is 7.55. The molecule has 3 atom stereocenters. The molecule has 0 unspecified atom stereocenters. The van der Waals surface area contributed by atoms with Gasteiger partial charge in [-0.15, -0.1) is 0 Å². The van der Waals surface area contributed by atoms with Crippen LogP contribution in [0.25, 0.3) is 0 Å². The fourth-order valence-corrected chi connectivity index (χ4v) is 4.70. The molecule has 1 aromatic carbocycles. The highest BCUT2D eigenvalue weighted by atomic mass is 16.5. The summed E-state index contributed by atoms with van der Waals surface area (Å²) in [6, 6.07) is 8.52. The predicted octanol–water partition coefficient (Wildman–Crippen LogP) is 1.83. The molecule has 1 amide bonds. The third-order valence-electron chi connectivity index (χ3n) is 6.02. The van der Waals surface area contributed by atoms with Gasteiger partial charge in [-0.25, -0.2) is 0 Å². The number of carbonyl (C=O) groups is 1. The molecule has 0 radical (unpaired) electrons. The lowest BCUT2D eigenvalue weighted by Crippen LogP contribution is -2.50. The summed E-state index contributed by atoms with van der Waals surface area (Å²) in [5.74, 6) is 0.322. The Hall–Kier alpha value is -1.43. The van der Waals surface area contributed by atoms with E-state index in [4.69, 9.17) is 4.74 Å². The summed E-state index contributed by atoms with van der Waals surface area (Å²) in [5.41, 5.74) is 2.35. The number of aliphatic hydroxyl groups excluding tert-OH is 1. The molecule has 2 saturated heterocycles. The van der Waals surface area contributed by atoms with Gasteiger partial charge < -0.3 is 14.7 Å². The largest absolute Gasteiger partial charge is 0.393 e. The monoisotopic (exact) mass is 344 g/mol. The zero-order valence-electron chi connectivity index (χ0n) is 14.8. The van der Waals surface area contributed by atoms with Gasteiger partial charge >= 0.3 is 0 Å². The molecule has 0 aliphatic carbocycles. The lowest BCUT2D eigenvalue weighted by molar-refractivity contribution is -0.121. The van der Waals surface area contributed by atoms with Gasteiger partial charge in [0.2, 0.25) is 5.91 Å². The van der Waals surface area contributed by atoms with E-state index >= 15 is 0 Å². The van der Waals surface area contributed by atoms with Crippen LogP contribution in [0.2, 0.25) is 0 Å². The summed E-state index contributed by atoms with van der Waals surface area (Å²) >= 11 is 0. The second kappa shape index (κ2) is 7.44. The fourth-order valence-electron chi connectivity index (χ4n) is 4.70. The number of ether oxygens (including phenoxy) is 1. The second-order valence-electron chi connectivity index (χ2n) is 7.55. The first-order valence-corrected chi connectivity index (χ1v) is 9.62. The smallest absolute Gasteiger partial charge is 0.241 e. The molecule has 1 aromatic rings. The number of benzene rings is 1. The number of amides is 1. The van der Waals surface area contributed by atoms with Crippen LogP contribution >= 0.6 is 0 Å². The Morgan fingerprint density at radius 2 is 2.08 bits per heavy atom. The normalized spacial score (nSPS) is 30.3. The molecule has 3 heterocycles. The van der Waals surface area contributed by atoms with Crippen LogP contribution in [0.3, 0.4) is 0 Å². The third kappa shape index (κ3) is 3.46. The van der Waals surface area contributed by atoms with Crippen LogP contribution in [0.15, 0.2) is 24.3 Å². The SMILES string of the molecule is O=C(CN1CCC[C@@H]1[C@@H]1COCC[C@H]1O)N1CCCc2ccccc21. The maximum atomic E-state index is 13.0. The zero-order valence-corrected chi connectivity index (χ0v) is 14.8. The van der Waals surface area contributed by atoms with Crippen LogP contribution < -0.4 is 4.90 Å². The summed E-state index contributed by atoms with van der Waals surface area (Å²) in [5, 5.41) is 10.4. The summed E-state index contributed by atoms with van der Waals surface area (Å²) < 4.78 is 5.60. The molecule has 5 heteroatoms. The van der Waals surface area contributed by atoms with Crippen molar-refractivity contribution < 1.29 is 14.6 Å². The van der Waals surface area contributed by atoms with E-state index in [0.717, 1.165) is 44.5 Å². The first-order chi connectivity index (χ1) is 12.2. The Balaban J connectivity index is 1.45. The van der Waals surface area contributed by atoms with Gasteiger partial charge in [0.1, 0.15) is 0 Å². The van der Waals surface area contributed by atoms with E-state index in [1.807, 2.05) is 17.0 Å². The van der Waals surface area contributed by atoms with Gasteiger partial charge in [0.05, 0.1) is 19.3 Å². The topological polar surface area (TPSA) is 53.0 Å². The highest BCUT2D eigenvalue weighted by Crippen LogP contribution is 2.31. The first kappa shape index (κ1) is 17.0. The minimum absolute atomic E-state index is 0.137. The number of aliphatic hydroxyl groups is 1. The van der Waals surface area contributed by atoms with Crippen LogP contribution in [0.1, 0.15) is 31.2 Å². The molecule has 1 N–H and O–H groups in total. The van der Waals surface area contributed by atoms with E-state index < -0.39 is 0 Å². The summed E-state index contributed by atoms with van der Waals surface area (Å²) in [6.45, 7) is 3.46. The standard InChI is InChI=1S/C20H28N2O3/c23-19-9-12-25-14-16(19)18-8-4-10-21(18)13-20(24)22-11-3-6-15-5-1-2-7-17(15)22/h1-2,5,7,16,18-19,23H,3-4,6,8-14H2/t16-,18+,19+/m0/s1. The van der Waals surface area contributed by atoms with Gasteiger partial charge in [0, 0.05) is 30.8 Å². The highest BCUT2D eigenvalue weighted by molar-refractivity contribution is 5.96. The van der Waals surface area contributed by atoms with E-state index in [2.05, 4.69) is 17.0 Å². The number of nitrogens with zero attached hydrogens (tertiary/aromatic N) is 2. The lowest BCUT2D eigenvalue weighted by Gasteiger charge is -2.38. The number of likely N-dealkylation sites (tertiary alicyclic amines) is 1. The zero-order chi connectivity index (χ0) is 17.2. The van der Waals surface area contributed by atoms with Crippen molar-refractivity contribution in [3.05, 3.63) is 29.8 Å². The molecule has 136 valence electrons. The molecule has 4 rings (SSSR count). The molecule has 2 fully saturated rings. The van der Waals surface area contributed by atoms with Crippen molar-refractivity contribution in [1.29, 1.82) is 0 Å². The molecular formula is C20H28N2O3. The maximum Gasteiger partial charge on any atom is 0.241 e. The Labute approximate surface area is 149 Å². The van der Waals surface area contributed by atoms with E-state index in [1.165, 1.54) is 5.56 Å². The summed E-state index contributed by atoms with van der Waals surface area (Å²) in [6.07, 6.45) is 4.64. The van der Waals surface area contributed by atoms with Crippen molar-refractivity contribution >= 4 is 11.6 Å². The summed E-state index contributed by atoms with van der Waals surface area (Å²) in [4.78, 5) is 17.3. The number of fused-ring (bicyclic) bond motifs is 1. The first-order valence-electron chi connectivity index (χ1n) is 9.62. The van der Waals surface area contributed by atoms with Crippen molar-refractivity contribution in [3.63, 3.8) is 0 Å². The van der Waals surface area contributed by atoms with E-state index in [1.54, 1.807) is 0 Å². The van der Waals surface area contributed by atoms with Crippen molar-refractivity contribution in [2.75, 3.05) is 37.7 Å². The van der Waals surface area contributed by atoms with Gasteiger partial charge in [-0.3, -0.25) is 9.69 Å². The van der Waals surface area contributed by atoms with Gasteiger partial charge in [-0.1, -0.05) is 18.2 Å². The molecule has 3 aliphatic rings. The molecule has 3 aliphatic heterocycles. The fraction of sp³-hybridized carbons (Fsp3) is 0.650. The molecule has 25 heavy (non-hydrogen) atoms. The number of para-hydroxylation sites is 1. The van der Waals surface area contributed by atoms with Crippen LogP contribution in [0.5, 0.6) is 0 Å². The van der Waals surface area contributed by atoms with Gasteiger partial charge in [-0.05, 0) is 50.3 Å². The Bertz CT molecular complexity index is 621. The van der Waals surface area contributed by atoms with Crippen molar-refractivity contribution in [2.24, 2.45) is 5.92 Å². The predicted molar refractivity (Wildman–Crippen MR) is 96.6 cm³/mol. The Morgan fingerprint density at radius 1 is 1.20 bits per heavy atom. The molecule has 0 saturated carbocycles. The van der Waals surface area contributed by atoms with Gasteiger partial charge in [0.15, 0.2) is 0 Å². The molecule has 0 aromatic heterocycles. The van der Waals surface area contributed by atoms with Crippen LogP contribution in [0, 0.1) is 5.92 Å². The Kier molecular flexibility index (Phi) is 5.06. The number of hydrogen-bond acceptors (Lipinski definition) is 4. The number of aryl methyl sites for hydroxylation is 1. The quantitative estimate of drug-likeness (QED) is 0.909. The molecule has 0 bridgehead atoms. The van der Waals surface area contributed by atoms with Crippen LogP contribution in [-0.2, 0) is 16.0 Å². The number of carbonyl (C=O) groups excluding carboxylic acids is 1. The van der Waals surface area contributed by atoms with Crippen LogP contribution in [0.4, 0.5) is 5.69 Å². The van der Waals surface area contributed by atoms with Crippen molar-refractivity contribution in [3.8, 4) is 0 Å². The van der Waals surface area contributed by atoms with E-state index in [0.29, 0.717) is 26.2 Å². The lowest BCUT2D eigenvalue weighted by atomic mass is 9.89. The van der Waals surface area contributed by atoms with E-state index in [9.17, 15) is 9.90 Å². The highest BCUT2D eigenvalue weighted by Gasteiger charge is 2.38. The van der Waals surface area contributed by atoms with E-state index in [-0.39, 0.29) is 24.0 Å². The number of rotatable bonds is 3. The summed E-state index contributed by atoms with van der Waals surface area (Å²) in [7, 11) is 0. The molecule has 5 nitrogen and oxygen atoms in total. The number of hydrogen-bond donors (Lipinski definition) is 1.